The summed E-state index contributed by atoms with van der Waals surface area (Å²) in [4.78, 5) is 14.0. The van der Waals surface area contributed by atoms with Crippen molar-refractivity contribution in [2.75, 3.05) is 18.1 Å². The van der Waals surface area contributed by atoms with Crippen LogP contribution in [0.15, 0.2) is 24.3 Å². The third-order valence-electron chi connectivity index (χ3n) is 5.24. The average Bonchev–Trinajstić information content (AvgIpc) is 2.65. The van der Waals surface area contributed by atoms with Gasteiger partial charge in [0.1, 0.15) is 0 Å². The van der Waals surface area contributed by atoms with Crippen molar-refractivity contribution in [3.8, 4) is 0 Å². The van der Waals surface area contributed by atoms with Gasteiger partial charge in [-0.25, -0.2) is 0 Å². The summed E-state index contributed by atoms with van der Waals surface area (Å²) in [5.74, 6) is 0.0417. The number of carbonyl (C=O) groups excluding carboxylic acids is 1. The standard InChI is InChI=1S/C20H30F3N3O2S/c1-19(2,3)25(4)18(27)13-24-15-8-10-17(11-9-15)29-26(28)16-7-5-6-14(12-16)20(21,22)23/h5-7,12,15,17,24,28H,8-11,13H2,1-4H3. The quantitative estimate of drug-likeness (QED) is 0.503. The zero-order valence-electron chi connectivity index (χ0n) is 17.3. The first-order valence-corrected chi connectivity index (χ1v) is 10.5. The van der Waals surface area contributed by atoms with E-state index in [1.807, 2.05) is 20.8 Å². The molecular formula is C20H30F3N3O2S. The highest BCUT2D eigenvalue weighted by Gasteiger charge is 2.31. The van der Waals surface area contributed by atoms with Crippen molar-refractivity contribution in [3.05, 3.63) is 29.8 Å². The molecular weight excluding hydrogens is 403 g/mol. The molecule has 2 rings (SSSR count). The van der Waals surface area contributed by atoms with Crippen LogP contribution >= 0.6 is 11.9 Å². The van der Waals surface area contributed by atoms with Crippen molar-refractivity contribution >= 4 is 23.5 Å². The van der Waals surface area contributed by atoms with Gasteiger partial charge in [0.15, 0.2) is 0 Å². The van der Waals surface area contributed by atoms with E-state index >= 15 is 0 Å². The Morgan fingerprint density at radius 2 is 1.83 bits per heavy atom. The van der Waals surface area contributed by atoms with Crippen molar-refractivity contribution in [2.24, 2.45) is 0 Å². The first kappa shape index (κ1) is 23.8. The zero-order chi connectivity index (χ0) is 21.8. The molecule has 0 saturated heterocycles. The number of likely N-dealkylation sites (N-methyl/N-ethyl adjacent to an activating group) is 1. The number of rotatable bonds is 6. The highest BCUT2D eigenvalue weighted by Crippen LogP contribution is 2.36. The fourth-order valence-electron chi connectivity index (χ4n) is 3.10. The summed E-state index contributed by atoms with van der Waals surface area (Å²) in [6, 6.07) is 4.89. The Balaban J connectivity index is 1.79. The highest BCUT2D eigenvalue weighted by atomic mass is 32.2. The number of nitrogens with one attached hydrogen (secondary N) is 1. The normalized spacial score (nSPS) is 20.4. The van der Waals surface area contributed by atoms with Crippen molar-refractivity contribution in [1.29, 1.82) is 0 Å². The minimum atomic E-state index is -4.44. The molecule has 0 aromatic heterocycles. The van der Waals surface area contributed by atoms with Gasteiger partial charge in [0.25, 0.3) is 0 Å². The molecule has 1 aromatic rings. The average molecular weight is 434 g/mol. The van der Waals surface area contributed by atoms with Crippen LogP contribution in [0.2, 0.25) is 0 Å². The lowest BCUT2D eigenvalue weighted by atomic mass is 9.95. The topological polar surface area (TPSA) is 55.8 Å². The van der Waals surface area contributed by atoms with Crippen LogP contribution in [0.4, 0.5) is 18.9 Å². The summed E-state index contributed by atoms with van der Waals surface area (Å²) in [5.41, 5.74) is -0.894. The Morgan fingerprint density at radius 1 is 1.21 bits per heavy atom. The zero-order valence-corrected chi connectivity index (χ0v) is 18.1. The number of carbonyl (C=O) groups is 1. The number of hydrogen-bond acceptors (Lipinski definition) is 5. The number of benzene rings is 1. The second kappa shape index (κ2) is 9.57. The molecule has 1 aliphatic carbocycles. The molecule has 1 amide bonds. The third kappa shape index (κ3) is 7.08. The molecule has 0 heterocycles. The maximum atomic E-state index is 12.8. The van der Waals surface area contributed by atoms with Crippen molar-refractivity contribution in [2.45, 2.75) is 69.5 Å². The van der Waals surface area contributed by atoms with Crippen LogP contribution in [0.3, 0.4) is 0 Å². The molecule has 0 spiro atoms. The maximum absolute atomic E-state index is 12.8. The number of anilines is 1. The van der Waals surface area contributed by atoms with E-state index in [9.17, 15) is 23.2 Å². The van der Waals surface area contributed by atoms with E-state index in [1.54, 1.807) is 11.9 Å². The van der Waals surface area contributed by atoms with Crippen molar-refractivity contribution in [3.63, 3.8) is 0 Å². The fourth-order valence-corrected chi connectivity index (χ4v) is 4.10. The fraction of sp³-hybridized carbons (Fsp3) is 0.650. The number of hydrogen-bond donors (Lipinski definition) is 2. The van der Waals surface area contributed by atoms with E-state index in [-0.39, 0.29) is 35.0 Å². The third-order valence-corrected chi connectivity index (χ3v) is 6.42. The first-order chi connectivity index (χ1) is 13.4. The largest absolute Gasteiger partial charge is 0.416 e. The van der Waals surface area contributed by atoms with Gasteiger partial charge in [0, 0.05) is 23.9 Å². The smallest absolute Gasteiger partial charge is 0.340 e. The molecule has 1 aromatic carbocycles. The molecule has 29 heavy (non-hydrogen) atoms. The van der Waals surface area contributed by atoms with E-state index in [0.29, 0.717) is 0 Å². The van der Waals surface area contributed by atoms with Gasteiger partial charge >= 0.3 is 6.18 Å². The molecule has 9 heteroatoms. The lowest BCUT2D eigenvalue weighted by Crippen LogP contribution is -2.48. The Morgan fingerprint density at radius 3 is 2.38 bits per heavy atom. The van der Waals surface area contributed by atoms with Crippen LogP contribution < -0.4 is 9.79 Å². The molecule has 0 atom stereocenters. The van der Waals surface area contributed by atoms with E-state index in [2.05, 4.69) is 5.32 Å². The lowest BCUT2D eigenvalue weighted by molar-refractivity contribution is -0.137. The van der Waals surface area contributed by atoms with Gasteiger partial charge in [-0.2, -0.15) is 17.6 Å². The summed E-state index contributed by atoms with van der Waals surface area (Å²) in [6.07, 6.45) is -1.13. The SMILES string of the molecule is CN(C(=O)CNC1CCC(SN(O)c2cccc(C(F)(F)F)c2)CC1)C(C)(C)C. The Kier molecular flexibility index (Phi) is 7.86. The molecule has 1 aliphatic rings. The predicted molar refractivity (Wildman–Crippen MR) is 110 cm³/mol. The molecule has 0 aliphatic heterocycles. The summed E-state index contributed by atoms with van der Waals surface area (Å²) < 4.78 is 39.3. The van der Waals surface area contributed by atoms with Gasteiger partial charge in [0.05, 0.1) is 17.8 Å². The van der Waals surface area contributed by atoms with Crippen molar-refractivity contribution in [1.82, 2.24) is 10.2 Å². The number of nitrogens with zero attached hydrogens (tertiary/aromatic N) is 2. The van der Waals surface area contributed by atoms with Crippen LogP contribution in [0.5, 0.6) is 0 Å². The molecule has 0 radical (unpaired) electrons. The van der Waals surface area contributed by atoms with Gasteiger partial charge in [-0.1, -0.05) is 6.07 Å². The van der Waals surface area contributed by atoms with Crippen LogP contribution in [-0.2, 0) is 11.0 Å². The molecule has 164 valence electrons. The van der Waals surface area contributed by atoms with Gasteiger partial charge in [-0.15, -0.1) is 0 Å². The molecule has 2 N–H and O–H groups in total. The highest BCUT2D eigenvalue weighted by molar-refractivity contribution is 8.01. The Labute approximate surface area is 174 Å². The molecule has 1 fully saturated rings. The summed E-state index contributed by atoms with van der Waals surface area (Å²) in [6.45, 7) is 6.24. The summed E-state index contributed by atoms with van der Waals surface area (Å²) in [7, 11) is 1.79. The van der Waals surface area contributed by atoms with Gasteiger partial charge in [-0.05, 0) is 76.6 Å². The van der Waals surface area contributed by atoms with E-state index in [0.717, 1.165) is 54.2 Å². The second-order valence-electron chi connectivity index (χ2n) is 8.40. The van der Waals surface area contributed by atoms with Crippen LogP contribution in [0, 0.1) is 0 Å². The Bertz CT molecular complexity index is 686. The molecule has 0 unspecified atom stereocenters. The minimum absolute atomic E-state index is 0.0417. The molecule has 5 nitrogen and oxygen atoms in total. The van der Waals surface area contributed by atoms with Gasteiger partial charge < -0.3 is 10.2 Å². The molecule has 0 bridgehead atoms. The van der Waals surface area contributed by atoms with E-state index < -0.39 is 11.7 Å². The summed E-state index contributed by atoms with van der Waals surface area (Å²) in [5, 5.41) is 13.6. The van der Waals surface area contributed by atoms with Crippen LogP contribution in [-0.4, -0.2) is 46.4 Å². The number of alkyl halides is 3. The predicted octanol–water partition coefficient (Wildman–Crippen LogP) is 4.71. The van der Waals surface area contributed by atoms with E-state index in [1.165, 1.54) is 12.1 Å². The lowest BCUT2D eigenvalue weighted by Gasteiger charge is -2.34. The number of amides is 1. The minimum Gasteiger partial charge on any atom is -0.340 e. The number of halogens is 3. The van der Waals surface area contributed by atoms with Crippen LogP contribution in [0.1, 0.15) is 52.0 Å². The molecule has 1 saturated carbocycles. The van der Waals surface area contributed by atoms with E-state index in [4.69, 9.17) is 0 Å². The van der Waals surface area contributed by atoms with Crippen LogP contribution in [0.25, 0.3) is 0 Å². The van der Waals surface area contributed by atoms with Gasteiger partial charge in [-0.3, -0.25) is 10.0 Å². The maximum Gasteiger partial charge on any atom is 0.416 e. The van der Waals surface area contributed by atoms with Gasteiger partial charge in [0.2, 0.25) is 5.91 Å². The monoisotopic (exact) mass is 433 g/mol. The summed E-state index contributed by atoms with van der Waals surface area (Å²) >= 11 is 1.15. The second-order valence-corrected chi connectivity index (χ2v) is 9.63. The van der Waals surface area contributed by atoms with Crippen molar-refractivity contribution < 1.29 is 23.2 Å². The Hall–Kier alpha value is -1.45. The first-order valence-electron chi connectivity index (χ1n) is 9.71.